The van der Waals surface area contributed by atoms with Gasteiger partial charge < -0.3 is 9.47 Å². The van der Waals surface area contributed by atoms with Gasteiger partial charge in [-0.2, -0.15) is 0 Å². The highest BCUT2D eigenvalue weighted by molar-refractivity contribution is 6.32. The minimum Gasteiger partial charge on any atom is -0.495 e. The summed E-state index contributed by atoms with van der Waals surface area (Å²) in [7, 11) is 1.41. The molecule has 1 aromatic rings. The molecule has 0 bridgehead atoms. The number of carbonyl (C=O) groups excluding carboxylic acids is 1. The smallest absolute Gasteiger partial charge is 0.324 e. The van der Waals surface area contributed by atoms with Gasteiger partial charge in [0.1, 0.15) is 16.9 Å². The number of carbonyl (C=O) groups is 1. The average Bonchev–Trinajstić information content (AvgIpc) is 2.28. The maximum Gasteiger partial charge on any atom is 0.324 e. The number of methoxy groups -OCH3 is 1. The maximum absolute atomic E-state index is 13.2. The Hall–Kier alpha value is -1.00. The summed E-state index contributed by atoms with van der Waals surface area (Å²) in [5, 5.41) is -0.767. The van der Waals surface area contributed by atoms with E-state index in [1.807, 2.05) is 0 Å². The molecule has 1 aromatic carbocycles. The summed E-state index contributed by atoms with van der Waals surface area (Å²) < 4.78 is 23.1. The Morgan fingerprint density at radius 3 is 2.72 bits per heavy atom. The van der Waals surface area contributed by atoms with Crippen LogP contribution in [0.25, 0.3) is 0 Å². The quantitative estimate of drug-likeness (QED) is 0.618. The lowest BCUT2D eigenvalue weighted by Crippen LogP contribution is -2.20. The van der Waals surface area contributed by atoms with Crippen molar-refractivity contribution in [3.05, 3.63) is 28.5 Å². The van der Waals surface area contributed by atoms with Gasteiger partial charge in [0, 0.05) is 12.0 Å². The minimum absolute atomic E-state index is 0.0844. The van der Waals surface area contributed by atoms with Crippen molar-refractivity contribution in [2.24, 2.45) is 0 Å². The summed E-state index contributed by atoms with van der Waals surface area (Å²) in [6.45, 7) is 1.92. The van der Waals surface area contributed by atoms with Gasteiger partial charge in [-0.3, -0.25) is 4.79 Å². The van der Waals surface area contributed by atoms with Crippen LogP contribution in [-0.4, -0.2) is 25.1 Å². The van der Waals surface area contributed by atoms with Gasteiger partial charge in [0.05, 0.1) is 18.7 Å². The third kappa shape index (κ3) is 3.75. The van der Waals surface area contributed by atoms with Gasteiger partial charge in [-0.15, -0.1) is 11.6 Å². The van der Waals surface area contributed by atoms with Crippen LogP contribution in [0, 0.1) is 5.82 Å². The minimum atomic E-state index is -0.906. The van der Waals surface area contributed by atoms with Crippen molar-refractivity contribution in [2.45, 2.75) is 18.7 Å². The van der Waals surface area contributed by atoms with Crippen molar-refractivity contribution < 1.29 is 18.7 Å². The van der Waals surface area contributed by atoms with Gasteiger partial charge in [-0.1, -0.05) is 11.6 Å². The fourth-order valence-corrected chi connectivity index (χ4v) is 2.03. The summed E-state index contributed by atoms with van der Waals surface area (Å²) >= 11 is 11.7. The fourth-order valence-electron chi connectivity index (χ4n) is 1.50. The third-order valence-corrected chi connectivity index (χ3v) is 2.84. The molecular weight excluding hydrogens is 282 g/mol. The van der Waals surface area contributed by atoms with Crippen molar-refractivity contribution in [1.82, 2.24) is 0 Å². The maximum atomic E-state index is 13.2. The zero-order valence-electron chi connectivity index (χ0n) is 10.0. The van der Waals surface area contributed by atoms with Gasteiger partial charge in [-0.25, -0.2) is 4.39 Å². The zero-order valence-corrected chi connectivity index (χ0v) is 11.5. The molecule has 0 fully saturated rings. The van der Waals surface area contributed by atoms with Crippen LogP contribution in [0.1, 0.15) is 12.5 Å². The molecule has 6 heteroatoms. The van der Waals surface area contributed by atoms with Crippen LogP contribution in [0.2, 0.25) is 5.02 Å². The van der Waals surface area contributed by atoms with E-state index in [-0.39, 0.29) is 18.1 Å². The van der Waals surface area contributed by atoms with Crippen LogP contribution in [0.15, 0.2) is 12.1 Å². The monoisotopic (exact) mass is 294 g/mol. The Morgan fingerprint density at radius 2 is 2.17 bits per heavy atom. The second kappa shape index (κ2) is 6.81. The molecule has 1 atom stereocenters. The van der Waals surface area contributed by atoms with E-state index in [0.717, 1.165) is 6.07 Å². The molecule has 0 heterocycles. The molecule has 0 saturated carbocycles. The SMILES string of the molecule is CCOC(=O)C(Cl)Cc1cc(F)cc(Cl)c1OC. The molecule has 0 N–H and O–H groups in total. The van der Waals surface area contributed by atoms with Crippen molar-refractivity contribution in [1.29, 1.82) is 0 Å². The molecule has 0 aliphatic heterocycles. The highest BCUT2D eigenvalue weighted by Gasteiger charge is 2.21. The molecule has 1 rings (SSSR count). The Bertz CT molecular complexity index is 438. The first-order valence-electron chi connectivity index (χ1n) is 5.32. The van der Waals surface area contributed by atoms with Crippen LogP contribution < -0.4 is 4.74 Å². The summed E-state index contributed by atoms with van der Waals surface area (Å²) in [6.07, 6.45) is 0.0844. The summed E-state index contributed by atoms with van der Waals surface area (Å²) in [6, 6.07) is 2.37. The molecule has 3 nitrogen and oxygen atoms in total. The first-order valence-corrected chi connectivity index (χ1v) is 6.13. The Kier molecular flexibility index (Phi) is 5.69. The molecule has 100 valence electrons. The van der Waals surface area contributed by atoms with Crippen LogP contribution in [0.4, 0.5) is 4.39 Å². The molecule has 0 saturated heterocycles. The van der Waals surface area contributed by atoms with E-state index in [1.54, 1.807) is 6.92 Å². The largest absolute Gasteiger partial charge is 0.495 e. The lowest BCUT2D eigenvalue weighted by molar-refractivity contribution is -0.142. The molecule has 0 amide bonds. The summed E-state index contributed by atoms with van der Waals surface area (Å²) in [5.41, 5.74) is 0.426. The first-order chi connectivity index (χ1) is 8.49. The van der Waals surface area contributed by atoms with Gasteiger partial charge >= 0.3 is 5.97 Å². The summed E-state index contributed by atoms with van der Waals surface area (Å²) in [4.78, 5) is 11.4. The van der Waals surface area contributed by atoms with E-state index in [2.05, 4.69) is 0 Å². The Balaban J connectivity index is 2.93. The number of alkyl halides is 1. The molecule has 0 aliphatic carbocycles. The average molecular weight is 295 g/mol. The Labute approximate surface area is 115 Å². The molecule has 1 unspecified atom stereocenters. The normalized spacial score (nSPS) is 12.1. The third-order valence-electron chi connectivity index (χ3n) is 2.23. The number of hydrogen-bond donors (Lipinski definition) is 0. The van der Waals surface area contributed by atoms with Crippen molar-refractivity contribution in [3.8, 4) is 5.75 Å². The number of esters is 1. The van der Waals surface area contributed by atoms with E-state index in [4.69, 9.17) is 32.7 Å². The van der Waals surface area contributed by atoms with Crippen molar-refractivity contribution >= 4 is 29.2 Å². The zero-order chi connectivity index (χ0) is 13.7. The lowest BCUT2D eigenvalue weighted by atomic mass is 10.1. The van der Waals surface area contributed by atoms with Gasteiger partial charge in [0.25, 0.3) is 0 Å². The second-order valence-electron chi connectivity index (χ2n) is 3.50. The van der Waals surface area contributed by atoms with Crippen LogP contribution in [-0.2, 0) is 16.0 Å². The molecule has 0 aromatic heterocycles. The molecule has 0 spiro atoms. The van der Waals surface area contributed by atoms with Crippen LogP contribution in [0.5, 0.6) is 5.75 Å². The van der Waals surface area contributed by atoms with Crippen LogP contribution >= 0.6 is 23.2 Å². The van der Waals surface area contributed by atoms with Crippen LogP contribution in [0.3, 0.4) is 0 Å². The number of halogens is 3. The predicted molar refractivity (Wildman–Crippen MR) is 67.9 cm³/mol. The predicted octanol–water partition coefficient (Wildman–Crippen LogP) is 3.20. The Morgan fingerprint density at radius 1 is 1.50 bits per heavy atom. The second-order valence-corrected chi connectivity index (χ2v) is 4.44. The highest BCUT2D eigenvalue weighted by Crippen LogP contribution is 2.31. The van der Waals surface area contributed by atoms with Crippen molar-refractivity contribution in [3.63, 3.8) is 0 Å². The summed E-state index contributed by atoms with van der Waals surface area (Å²) in [5.74, 6) is -0.752. The highest BCUT2D eigenvalue weighted by atomic mass is 35.5. The number of hydrogen-bond acceptors (Lipinski definition) is 3. The van der Waals surface area contributed by atoms with E-state index in [1.165, 1.54) is 13.2 Å². The van der Waals surface area contributed by atoms with E-state index in [9.17, 15) is 9.18 Å². The lowest BCUT2D eigenvalue weighted by Gasteiger charge is -2.13. The first kappa shape index (κ1) is 15.1. The molecule has 0 aliphatic rings. The van der Waals surface area contributed by atoms with Gasteiger partial charge in [-0.05, 0) is 19.1 Å². The molecular formula is C12H13Cl2FO3. The standard InChI is InChI=1S/C12H13Cl2FO3/c1-3-18-12(16)10(14)5-7-4-8(15)6-9(13)11(7)17-2/h4,6,10H,3,5H2,1-2H3. The van der Waals surface area contributed by atoms with Gasteiger partial charge in [0.2, 0.25) is 0 Å². The van der Waals surface area contributed by atoms with E-state index >= 15 is 0 Å². The topological polar surface area (TPSA) is 35.5 Å². The molecule has 0 radical (unpaired) electrons. The number of ether oxygens (including phenoxy) is 2. The number of benzene rings is 1. The number of rotatable bonds is 5. The van der Waals surface area contributed by atoms with Gasteiger partial charge in [0.15, 0.2) is 0 Å². The molecule has 18 heavy (non-hydrogen) atoms. The fraction of sp³-hybridized carbons (Fsp3) is 0.417. The van der Waals surface area contributed by atoms with E-state index < -0.39 is 17.2 Å². The van der Waals surface area contributed by atoms with Crippen molar-refractivity contribution in [2.75, 3.05) is 13.7 Å². The van der Waals surface area contributed by atoms with E-state index in [0.29, 0.717) is 11.3 Å².